The molecule has 0 fully saturated rings. The highest BCUT2D eigenvalue weighted by Gasteiger charge is 2.09. The molecule has 5 heteroatoms. The SMILES string of the molecule is CCOC(=O)CCCC(=O)Oc1ccccc1Cl. The molecule has 0 bridgehead atoms. The van der Waals surface area contributed by atoms with Crippen LogP contribution in [0.5, 0.6) is 5.75 Å². The molecular weight excluding hydrogens is 256 g/mol. The predicted molar refractivity (Wildman–Crippen MR) is 67.6 cm³/mol. The molecule has 1 rings (SSSR count). The first-order valence-electron chi connectivity index (χ1n) is 5.74. The number of esters is 2. The second-order valence-electron chi connectivity index (χ2n) is 3.56. The molecule has 0 aliphatic carbocycles. The molecule has 0 radical (unpaired) electrons. The maximum Gasteiger partial charge on any atom is 0.311 e. The Labute approximate surface area is 111 Å². The standard InChI is InChI=1S/C13H15ClO4/c1-2-17-12(15)8-5-9-13(16)18-11-7-4-3-6-10(11)14/h3-4,6-7H,2,5,8-9H2,1H3. The zero-order valence-corrected chi connectivity index (χ0v) is 10.9. The normalized spacial score (nSPS) is 9.89. The highest BCUT2D eigenvalue weighted by Crippen LogP contribution is 2.23. The van der Waals surface area contributed by atoms with Crippen LogP contribution in [-0.2, 0) is 14.3 Å². The molecule has 0 amide bonds. The Morgan fingerprint density at radius 3 is 2.50 bits per heavy atom. The van der Waals surface area contributed by atoms with Crippen LogP contribution in [0.2, 0.25) is 5.02 Å². The van der Waals surface area contributed by atoms with Crippen molar-refractivity contribution in [2.45, 2.75) is 26.2 Å². The molecule has 0 aliphatic heterocycles. The summed E-state index contributed by atoms with van der Waals surface area (Å²) in [5.74, 6) is -0.379. The van der Waals surface area contributed by atoms with Crippen LogP contribution in [0, 0.1) is 0 Å². The van der Waals surface area contributed by atoms with Gasteiger partial charge < -0.3 is 9.47 Å². The van der Waals surface area contributed by atoms with Crippen LogP contribution < -0.4 is 4.74 Å². The second kappa shape index (κ2) is 7.71. The first-order chi connectivity index (χ1) is 8.63. The van der Waals surface area contributed by atoms with Gasteiger partial charge in [-0.1, -0.05) is 23.7 Å². The van der Waals surface area contributed by atoms with Gasteiger partial charge in [-0.2, -0.15) is 0 Å². The lowest BCUT2D eigenvalue weighted by atomic mass is 10.2. The first-order valence-corrected chi connectivity index (χ1v) is 6.12. The number of halogens is 1. The minimum Gasteiger partial charge on any atom is -0.466 e. The van der Waals surface area contributed by atoms with E-state index in [1.165, 1.54) is 0 Å². The third-order valence-corrected chi connectivity index (χ3v) is 2.44. The topological polar surface area (TPSA) is 52.6 Å². The third kappa shape index (κ3) is 5.19. The van der Waals surface area contributed by atoms with E-state index in [4.69, 9.17) is 21.1 Å². The number of carbonyl (C=O) groups is 2. The summed E-state index contributed by atoms with van der Waals surface area (Å²) in [7, 11) is 0. The van der Waals surface area contributed by atoms with Crippen molar-refractivity contribution in [3.63, 3.8) is 0 Å². The molecule has 0 unspecified atom stereocenters. The number of rotatable bonds is 6. The van der Waals surface area contributed by atoms with Gasteiger partial charge in [-0.3, -0.25) is 9.59 Å². The van der Waals surface area contributed by atoms with E-state index in [1.807, 2.05) is 0 Å². The van der Waals surface area contributed by atoms with Crippen molar-refractivity contribution >= 4 is 23.5 Å². The molecule has 1 aromatic rings. The minimum absolute atomic E-state index is 0.157. The first kappa shape index (κ1) is 14.5. The van der Waals surface area contributed by atoms with Crippen LogP contribution in [0.1, 0.15) is 26.2 Å². The Morgan fingerprint density at radius 1 is 1.17 bits per heavy atom. The van der Waals surface area contributed by atoms with Gasteiger partial charge >= 0.3 is 11.9 Å². The number of carbonyl (C=O) groups excluding carboxylic acids is 2. The van der Waals surface area contributed by atoms with Crippen molar-refractivity contribution in [2.24, 2.45) is 0 Å². The fourth-order valence-corrected chi connectivity index (χ4v) is 1.49. The van der Waals surface area contributed by atoms with Gasteiger partial charge in [0.2, 0.25) is 0 Å². The highest BCUT2D eigenvalue weighted by atomic mass is 35.5. The van der Waals surface area contributed by atoms with Gasteiger partial charge in [-0.25, -0.2) is 0 Å². The van der Waals surface area contributed by atoms with Crippen LogP contribution in [0.15, 0.2) is 24.3 Å². The van der Waals surface area contributed by atoms with Crippen molar-refractivity contribution < 1.29 is 19.1 Å². The molecule has 98 valence electrons. The molecule has 4 nitrogen and oxygen atoms in total. The Hall–Kier alpha value is -1.55. The van der Waals surface area contributed by atoms with E-state index in [-0.39, 0.29) is 18.8 Å². The van der Waals surface area contributed by atoms with Crippen LogP contribution in [0.3, 0.4) is 0 Å². The van der Waals surface area contributed by atoms with E-state index in [2.05, 4.69) is 0 Å². The Kier molecular flexibility index (Phi) is 6.22. The van der Waals surface area contributed by atoms with E-state index < -0.39 is 5.97 Å². The van der Waals surface area contributed by atoms with Gasteiger partial charge in [0.1, 0.15) is 5.75 Å². The predicted octanol–water partition coefficient (Wildman–Crippen LogP) is 2.98. The lowest BCUT2D eigenvalue weighted by Crippen LogP contribution is -2.10. The summed E-state index contributed by atoms with van der Waals surface area (Å²) in [5, 5.41) is 0.385. The molecule has 0 saturated carbocycles. The van der Waals surface area contributed by atoms with Crippen LogP contribution in [0.25, 0.3) is 0 Å². The van der Waals surface area contributed by atoms with Gasteiger partial charge in [-0.05, 0) is 25.5 Å². The van der Waals surface area contributed by atoms with Gasteiger partial charge in [0.15, 0.2) is 0 Å². The number of para-hydroxylation sites is 1. The molecule has 0 spiro atoms. The molecule has 18 heavy (non-hydrogen) atoms. The van der Waals surface area contributed by atoms with Gasteiger partial charge in [0, 0.05) is 12.8 Å². The van der Waals surface area contributed by atoms with Crippen LogP contribution >= 0.6 is 11.6 Å². The number of ether oxygens (including phenoxy) is 2. The summed E-state index contributed by atoms with van der Waals surface area (Å²) in [4.78, 5) is 22.5. The van der Waals surface area contributed by atoms with Crippen molar-refractivity contribution in [2.75, 3.05) is 6.61 Å². The molecule has 0 aliphatic rings. The van der Waals surface area contributed by atoms with Crippen LogP contribution in [0.4, 0.5) is 0 Å². The van der Waals surface area contributed by atoms with Crippen molar-refractivity contribution in [1.29, 1.82) is 0 Å². The van der Waals surface area contributed by atoms with E-state index in [9.17, 15) is 9.59 Å². The van der Waals surface area contributed by atoms with Crippen molar-refractivity contribution in [1.82, 2.24) is 0 Å². The van der Waals surface area contributed by atoms with Crippen molar-refractivity contribution in [3.8, 4) is 5.75 Å². The summed E-state index contributed by atoms with van der Waals surface area (Å²) in [6.07, 6.45) is 0.775. The maximum atomic E-state index is 11.5. The van der Waals surface area contributed by atoms with Gasteiger partial charge in [0.25, 0.3) is 0 Å². The van der Waals surface area contributed by atoms with Crippen molar-refractivity contribution in [3.05, 3.63) is 29.3 Å². The molecule has 0 heterocycles. The van der Waals surface area contributed by atoms with E-state index in [1.54, 1.807) is 31.2 Å². The monoisotopic (exact) mass is 270 g/mol. The zero-order chi connectivity index (χ0) is 13.4. The smallest absolute Gasteiger partial charge is 0.311 e. The Morgan fingerprint density at radius 2 is 1.83 bits per heavy atom. The number of benzene rings is 1. The molecule has 0 atom stereocenters. The molecule has 0 N–H and O–H groups in total. The molecule has 1 aromatic carbocycles. The summed E-state index contributed by atoms with van der Waals surface area (Å²) in [6, 6.07) is 6.74. The number of hydrogen-bond acceptors (Lipinski definition) is 4. The lowest BCUT2D eigenvalue weighted by molar-refractivity contribution is -0.143. The van der Waals surface area contributed by atoms with Gasteiger partial charge in [0.05, 0.1) is 11.6 Å². The maximum absolute atomic E-state index is 11.5. The second-order valence-corrected chi connectivity index (χ2v) is 3.97. The third-order valence-electron chi connectivity index (χ3n) is 2.13. The van der Waals surface area contributed by atoms with E-state index in [0.29, 0.717) is 23.8 Å². The van der Waals surface area contributed by atoms with Gasteiger partial charge in [-0.15, -0.1) is 0 Å². The number of hydrogen-bond donors (Lipinski definition) is 0. The molecular formula is C13H15ClO4. The zero-order valence-electron chi connectivity index (χ0n) is 10.1. The Balaban J connectivity index is 2.30. The summed E-state index contributed by atoms with van der Waals surface area (Å²) >= 11 is 5.84. The minimum atomic E-state index is -0.410. The highest BCUT2D eigenvalue weighted by molar-refractivity contribution is 6.32. The fraction of sp³-hybridized carbons (Fsp3) is 0.385. The molecule has 0 saturated heterocycles. The summed E-state index contributed by atoms with van der Waals surface area (Å²) in [6.45, 7) is 2.09. The largest absolute Gasteiger partial charge is 0.466 e. The quantitative estimate of drug-likeness (QED) is 0.589. The van der Waals surface area contributed by atoms with E-state index in [0.717, 1.165) is 0 Å². The lowest BCUT2D eigenvalue weighted by Gasteiger charge is -2.05. The fourth-order valence-electron chi connectivity index (χ4n) is 1.31. The Bertz CT molecular complexity index is 417. The molecule has 0 aromatic heterocycles. The summed E-state index contributed by atoms with van der Waals surface area (Å²) in [5.41, 5.74) is 0. The average molecular weight is 271 g/mol. The van der Waals surface area contributed by atoms with E-state index >= 15 is 0 Å². The summed E-state index contributed by atoms with van der Waals surface area (Å²) < 4.78 is 9.81. The van der Waals surface area contributed by atoms with Crippen LogP contribution in [-0.4, -0.2) is 18.5 Å². The average Bonchev–Trinajstić information content (AvgIpc) is 2.32.